The Kier molecular flexibility index (Phi) is 6.74. The number of nitrogens with zero attached hydrogens (tertiary/aromatic N) is 2. The summed E-state index contributed by atoms with van der Waals surface area (Å²) in [7, 11) is 0. The molecule has 2 aliphatic rings. The maximum atomic E-state index is 13.3. The van der Waals surface area contributed by atoms with Gasteiger partial charge in [-0.1, -0.05) is 30.3 Å². The van der Waals surface area contributed by atoms with Gasteiger partial charge in [-0.05, 0) is 60.9 Å². The van der Waals surface area contributed by atoms with E-state index in [4.69, 9.17) is 0 Å². The van der Waals surface area contributed by atoms with Gasteiger partial charge in [0.15, 0.2) is 0 Å². The van der Waals surface area contributed by atoms with E-state index in [9.17, 15) is 18.0 Å². The summed E-state index contributed by atoms with van der Waals surface area (Å²) in [6.07, 6.45) is -0.856. The van der Waals surface area contributed by atoms with E-state index in [1.54, 1.807) is 6.07 Å². The lowest BCUT2D eigenvalue weighted by molar-refractivity contribution is -0.139. The fourth-order valence-electron chi connectivity index (χ4n) is 4.37. The minimum atomic E-state index is -4.46. The van der Waals surface area contributed by atoms with E-state index in [-0.39, 0.29) is 31.1 Å². The van der Waals surface area contributed by atoms with Gasteiger partial charge in [0.05, 0.1) is 12.1 Å². The summed E-state index contributed by atoms with van der Waals surface area (Å²) >= 11 is 0. The van der Waals surface area contributed by atoms with Gasteiger partial charge < -0.3 is 10.2 Å². The van der Waals surface area contributed by atoms with Crippen molar-refractivity contribution in [3.63, 3.8) is 0 Å². The summed E-state index contributed by atoms with van der Waals surface area (Å²) in [4.78, 5) is 16.6. The maximum absolute atomic E-state index is 13.3. The van der Waals surface area contributed by atoms with E-state index in [0.717, 1.165) is 43.7 Å². The van der Waals surface area contributed by atoms with Gasteiger partial charge in [0.2, 0.25) is 5.91 Å². The molecule has 1 fully saturated rings. The van der Waals surface area contributed by atoms with Gasteiger partial charge in [0.1, 0.15) is 0 Å². The smallest absolute Gasteiger partial charge is 0.376 e. The first-order valence-electron chi connectivity index (χ1n) is 11.1. The van der Waals surface area contributed by atoms with Gasteiger partial charge in [0.25, 0.3) is 0 Å². The number of rotatable bonds is 8. The molecule has 171 valence electrons. The Morgan fingerprint density at radius 2 is 1.94 bits per heavy atom. The molecule has 0 spiro atoms. The van der Waals surface area contributed by atoms with E-state index in [1.807, 2.05) is 12.1 Å². The average molecular weight is 445 g/mol. The van der Waals surface area contributed by atoms with E-state index in [2.05, 4.69) is 23.2 Å². The van der Waals surface area contributed by atoms with Gasteiger partial charge in [-0.25, -0.2) is 0 Å². The van der Waals surface area contributed by atoms with E-state index >= 15 is 0 Å². The first-order valence-corrected chi connectivity index (χ1v) is 11.1. The molecule has 1 saturated carbocycles. The molecule has 0 aromatic heterocycles. The van der Waals surface area contributed by atoms with Crippen LogP contribution in [-0.4, -0.2) is 41.9 Å². The molecule has 0 unspecified atom stereocenters. The summed E-state index contributed by atoms with van der Waals surface area (Å²) in [5, 5.41) is 3.23. The van der Waals surface area contributed by atoms with Crippen molar-refractivity contribution >= 4 is 11.6 Å². The summed E-state index contributed by atoms with van der Waals surface area (Å²) in [5.41, 5.74) is 2.80. The quantitative estimate of drug-likeness (QED) is 0.638. The Hall–Kier alpha value is -2.54. The number of halogens is 3. The van der Waals surface area contributed by atoms with Crippen LogP contribution < -0.4 is 5.32 Å². The van der Waals surface area contributed by atoms with Crippen molar-refractivity contribution in [3.8, 4) is 0 Å². The minimum absolute atomic E-state index is 0.0198. The minimum Gasteiger partial charge on any atom is -0.376 e. The van der Waals surface area contributed by atoms with Crippen LogP contribution in [0, 0.1) is 12.8 Å². The molecule has 2 aromatic rings. The van der Waals surface area contributed by atoms with Crippen LogP contribution in [0.25, 0.3) is 0 Å². The van der Waals surface area contributed by atoms with E-state index < -0.39 is 11.7 Å². The second-order valence-corrected chi connectivity index (χ2v) is 8.70. The average Bonchev–Trinajstić information content (AvgIpc) is 3.59. The summed E-state index contributed by atoms with van der Waals surface area (Å²) in [6.45, 7) is 6.83. The second-order valence-electron chi connectivity index (χ2n) is 8.70. The molecule has 7 heteroatoms. The standard InChI is InChI=1S/C25H29F3N3O/c1-2-31(17-20-6-3-4-8-22(20)25(26,27)28)24(32)14-29-23-9-5-7-19-16-30(13-12-21(19)23)15-18-10-11-18/h3-9,18,29H,1-2,10-17H2. The number of carbonyl (C=O) groups excluding carboxylic acids is 1. The zero-order chi connectivity index (χ0) is 22.7. The summed E-state index contributed by atoms with van der Waals surface area (Å²) < 4.78 is 39.9. The molecule has 1 heterocycles. The third-order valence-corrected chi connectivity index (χ3v) is 6.30. The number of hydrogen-bond acceptors (Lipinski definition) is 3. The van der Waals surface area contributed by atoms with Crippen LogP contribution in [0.2, 0.25) is 0 Å². The highest BCUT2D eigenvalue weighted by Gasteiger charge is 2.33. The number of benzene rings is 2. The first kappa shape index (κ1) is 22.6. The lowest BCUT2D eigenvalue weighted by Gasteiger charge is -2.30. The number of amides is 1. The lowest BCUT2D eigenvalue weighted by Crippen LogP contribution is -2.36. The van der Waals surface area contributed by atoms with Crippen molar-refractivity contribution in [3.05, 3.63) is 71.6 Å². The van der Waals surface area contributed by atoms with Crippen molar-refractivity contribution in [2.24, 2.45) is 5.92 Å². The molecule has 1 amide bonds. The normalized spacial score (nSPS) is 16.5. The number of hydrogen-bond donors (Lipinski definition) is 1. The van der Waals surface area contributed by atoms with Crippen LogP contribution in [0.1, 0.15) is 35.1 Å². The van der Waals surface area contributed by atoms with Gasteiger partial charge in [0, 0.05) is 38.4 Å². The second kappa shape index (κ2) is 9.53. The maximum Gasteiger partial charge on any atom is 0.416 e. The van der Waals surface area contributed by atoms with Crippen LogP contribution in [0.4, 0.5) is 18.9 Å². The molecule has 0 bridgehead atoms. The van der Waals surface area contributed by atoms with Crippen LogP contribution in [0.3, 0.4) is 0 Å². The van der Waals surface area contributed by atoms with Crippen LogP contribution in [0.5, 0.6) is 0 Å². The molecular weight excluding hydrogens is 415 g/mol. The third kappa shape index (κ3) is 5.44. The Morgan fingerprint density at radius 3 is 2.66 bits per heavy atom. The Morgan fingerprint density at radius 1 is 1.16 bits per heavy atom. The third-order valence-electron chi connectivity index (χ3n) is 6.30. The van der Waals surface area contributed by atoms with Gasteiger partial charge in [-0.15, -0.1) is 0 Å². The molecule has 4 nitrogen and oxygen atoms in total. The lowest BCUT2D eigenvalue weighted by atomic mass is 9.97. The highest BCUT2D eigenvalue weighted by Crippen LogP contribution is 2.33. The topological polar surface area (TPSA) is 35.6 Å². The molecule has 0 atom stereocenters. The predicted molar refractivity (Wildman–Crippen MR) is 119 cm³/mol. The number of fused-ring (bicyclic) bond motifs is 1. The predicted octanol–water partition coefficient (Wildman–Crippen LogP) is 4.75. The SMILES string of the molecule is [CH2]CN(Cc1ccccc1C(F)(F)F)C(=O)CNc1cccc2c1CCN(CC1CC1)C2. The monoisotopic (exact) mass is 444 g/mol. The highest BCUT2D eigenvalue weighted by atomic mass is 19.4. The van der Waals surface area contributed by atoms with Crippen molar-refractivity contribution in [2.75, 3.05) is 31.5 Å². The molecule has 4 rings (SSSR count). The van der Waals surface area contributed by atoms with Gasteiger partial charge in [-0.2, -0.15) is 13.2 Å². The fraction of sp³-hybridized carbons (Fsp3) is 0.440. The van der Waals surface area contributed by atoms with Crippen molar-refractivity contribution in [2.45, 2.75) is 38.5 Å². The van der Waals surface area contributed by atoms with E-state index in [1.165, 1.54) is 41.0 Å². The molecule has 1 aliphatic carbocycles. The van der Waals surface area contributed by atoms with Crippen LogP contribution >= 0.6 is 0 Å². The number of carbonyl (C=O) groups is 1. The van der Waals surface area contributed by atoms with Gasteiger partial charge >= 0.3 is 6.18 Å². The Bertz CT molecular complexity index is 956. The molecule has 1 radical (unpaired) electrons. The molecule has 1 aliphatic heterocycles. The zero-order valence-corrected chi connectivity index (χ0v) is 18.1. The number of anilines is 1. The molecule has 0 saturated heterocycles. The summed E-state index contributed by atoms with van der Waals surface area (Å²) in [6, 6.07) is 11.5. The molecular formula is C25H29F3N3O. The van der Waals surface area contributed by atoms with E-state index in [0.29, 0.717) is 0 Å². The molecule has 32 heavy (non-hydrogen) atoms. The molecule has 2 aromatic carbocycles. The fourth-order valence-corrected chi connectivity index (χ4v) is 4.37. The van der Waals surface area contributed by atoms with Crippen molar-refractivity contribution in [1.29, 1.82) is 0 Å². The number of alkyl halides is 3. The van der Waals surface area contributed by atoms with Crippen LogP contribution in [-0.2, 0) is 30.5 Å². The van der Waals surface area contributed by atoms with Crippen LogP contribution in [0.15, 0.2) is 42.5 Å². The first-order chi connectivity index (χ1) is 15.3. The highest BCUT2D eigenvalue weighted by molar-refractivity contribution is 5.81. The zero-order valence-electron chi connectivity index (χ0n) is 18.1. The Labute approximate surface area is 187 Å². The largest absolute Gasteiger partial charge is 0.416 e. The van der Waals surface area contributed by atoms with Crippen molar-refractivity contribution in [1.82, 2.24) is 9.80 Å². The number of nitrogens with one attached hydrogen (secondary N) is 1. The van der Waals surface area contributed by atoms with Crippen molar-refractivity contribution < 1.29 is 18.0 Å². The summed E-state index contributed by atoms with van der Waals surface area (Å²) in [5.74, 6) is 0.576. The Balaban J connectivity index is 1.39. The molecule has 1 N–H and O–H groups in total. The van der Waals surface area contributed by atoms with Gasteiger partial charge in [-0.3, -0.25) is 9.69 Å².